The van der Waals surface area contributed by atoms with Crippen LogP contribution in [-0.2, 0) is 35.6 Å². The van der Waals surface area contributed by atoms with E-state index >= 15 is 0 Å². The number of benzene rings is 3. The molecule has 3 aromatic carbocycles. The maximum atomic E-state index is 13.5. The van der Waals surface area contributed by atoms with Crippen LogP contribution in [0.4, 0.5) is 5.69 Å². The summed E-state index contributed by atoms with van der Waals surface area (Å²) in [6.45, 7) is 1.95. The molecule has 1 heterocycles. The zero-order valence-electron chi connectivity index (χ0n) is 22.6. The number of hydrogen-bond acceptors (Lipinski definition) is 8. The van der Waals surface area contributed by atoms with Crippen LogP contribution in [0.25, 0.3) is 11.1 Å². The first-order valence-corrected chi connectivity index (χ1v) is 14.4. The molecule has 4 rings (SSSR count). The number of nitrogens with one attached hydrogen (secondary N) is 2. The van der Waals surface area contributed by atoms with E-state index in [-0.39, 0.29) is 17.2 Å². The highest BCUT2D eigenvalue weighted by Crippen LogP contribution is 2.34. The lowest BCUT2D eigenvalue weighted by Crippen LogP contribution is -2.45. The van der Waals surface area contributed by atoms with Gasteiger partial charge in [-0.25, -0.2) is 13.6 Å². The van der Waals surface area contributed by atoms with Crippen molar-refractivity contribution in [3.05, 3.63) is 83.4 Å². The Kier molecular flexibility index (Phi) is 8.55. The zero-order chi connectivity index (χ0) is 29.8. The fourth-order valence-corrected chi connectivity index (χ4v) is 5.72. The van der Waals surface area contributed by atoms with E-state index < -0.39 is 33.9 Å². The van der Waals surface area contributed by atoms with Crippen LogP contribution < -0.4 is 16.2 Å². The number of nitrogens with zero attached hydrogens (tertiary/aromatic N) is 1. The number of ether oxygens (including phenoxy) is 1. The van der Waals surface area contributed by atoms with E-state index in [1.807, 2.05) is 6.92 Å². The van der Waals surface area contributed by atoms with Gasteiger partial charge in [-0.3, -0.25) is 15.0 Å². The standard InChI is InChI=1S/C29H31N5O6S/c1-3-6-19-7-5-10-23(26(19)41(32,37)38)18-11-13-22(14-12-18)33-28(36)29(17-25(35)39-2)16-24(34-40-29)20-8-4-9-21(15-20)27(30)31/h4-5,7-15H,3,6,16-17H2,1-2H3,(H3,30,31)(H,33,36)(H2,32,37,38). The van der Waals surface area contributed by atoms with Crippen LogP contribution in [0.2, 0.25) is 0 Å². The van der Waals surface area contributed by atoms with Crippen molar-refractivity contribution in [3.63, 3.8) is 0 Å². The average molecular weight is 578 g/mol. The third-order valence-electron chi connectivity index (χ3n) is 6.72. The smallest absolute Gasteiger partial charge is 0.310 e. The number of sulfonamides is 1. The number of hydrogen-bond donors (Lipinski definition) is 4. The SMILES string of the molecule is CCCc1cccc(-c2ccc(NC(=O)C3(CC(=O)OC)CC(c4cccc(C(=N)N)c4)=NO3)cc2)c1S(N)(=O)=O. The average Bonchev–Trinajstić information content (AvgIpc) is 3.38. The van der Waals surface area contributed by atoms with Crippen LogP contribution in [0.1, 0.15) is 42.9 Å². The predicted molar refractivity (Wildman–Crippen MR) is 155 cm³/mol. The third-order valence-corrected chi connectivity index (χ3v) is 7.77. The summed E-state index contributed by atoms with van der Waals surface area (Å²) in [4.78, 5) is 31.5. The van der Waals surface area contributed by atoms with E-state index in [1.54, 1.807) is 66.7 Å². The number of oxime groups is 1. The number of aryl methyl sites for hydroxylation is 1. The largest absolute Gasteiger partial charge is 0.469 e. The molecule has 214 valence electrons. The lowest BCUT2D eigenvalue weighted by molar-refractivity contribution is -0.155. The number of primary sulfonamides is 1. The van der Waals surface area contributed by atoms with E-state index in [9.17, 15) is 18.0 Å². The summed E-state index contributed by atoms with van der Waals surface area (Å²) in [6.07, 6.45) is 0.878. The maximum Gasteiger partial charge on any atom is 0.310 e. The number of amides is 1. The molecule has 1 unspecified atom stereocenters. The van der Waals surface area contributed by atoms with Crippen molar-refractivity contribution in [2.45, 2.75) is 43.1 Å². The van der Waals surface area contributed by atoms with Crippen molar-refractivity contribution in [2.24, 2.45) is 16.0 Å². The minimum atomic E-state index is -3.99. The monoisotopic (exact) mass is 577 g/mol. The fourth-order valence-electron chi connectivity index (χ4n) is 4.69. The summed E-state index contributed by atoms with van der Waals surface area (Å²) >= 11 is 0. The second-order valence-corrected chi connectivity index (χ2v) is 11.2. The number of nitrogens with two attached hydrogens (primary N) is 2. The molecule has 0 spiro atoms. The first-order valence-electron chi connectivity index (χ1n) is 12.8. The topological polar surface area (TPSA) is 187 Å². The van der Waals surface area contributed by atoms with E-state index in [0.29, 0.717) is 45.6 Å². The number of methoxy groups -OCH3 is 1. The number of anilines is 1. The van der Waals surface area contributed by atoms with E-state index in [4.69, 9.17) is 25.9 Å². The van der Waals surface area contributed by atoms with Gasteiger partial charge in [0.25, 0.3) is 5.91 Å². The third kappa shape index (κ3) is 6.44. The van der Waals surface area contributed by atoms with Gasteiger partial charge in [0.15, 0.2) is 0 Å². The molecule has 0 radical (unpaired) electrons. The molecule has 1 amide bonds. The van der Waals surface area contributed by atoms with Gasteiger partial charge in [-0.1, -0.05) is 67.0 Å². The number of rotatable bonds is 10. The quantitative estimate of drug-likeness (QED) is 0.162. The Morgan fingerprint density at radius 3 is 2.44 bits per heavy atom. The summed E-state index contributed by atoms with van der Waals surface area (Å²) in [7, 11) is -2.78. The Morgan fingerprint density at radius 2 is 1.80 bits per heavy atom. The summed E-state index contributed by atoms with van der Waals surface area (Å²) < 4.78 is 29.7. The van der Waals surface area contributed by atoms with Gasteiger partial charge < -0.3 is 20.6 Å². The predicted octanol–water partition coefficient (Wildman–Crippen LogP) is 3.30. The summed E-state index contributed by atoms with van der Waals surface area (Å²) in [5.41, 5.74) is 7.49. The Morgan fingerprint density at radius 1 is 1.10 bits per heavy atom. The molecular weight excluding hydrogens is 546 g/mol. The van der Waals surface area contributed by atoms with Gasteiger partial charge >= 0.3 is 5.97 Å². The summed E-state index contributed by atoms with van der Waals surface area (Å²) in [5.74, 6) is -1.40. The van der Waals surface area contributed by atoms with Crippen LogP contribution in [0, 0.1) is 5.41 Å². The number of nitrogen functional groups attached to an aromatic ring is 1. The van der Waals surface area contributed by atoms with Gasteiger partial charge in [-0.2, -0.15) is 0 Å². The number of carbonyl (C=O) groups excluding carboxylic acids is 2. The van der Waals surface area contributed by atoms with Gasteiger partial charge in [-0.15, -0.1) is 0 Å². The second-order valence-electron chi connectivity index (χ2n) is 9.67. The second kappa shape index (κ2) is 11.9. The zero-order valence-corrected chi connectivity index (χ0v) is 23.5. The van der Waals surface area contributed by atoms with Crippen molar-refractivity contribution >= 4 is 39.1 Å². The minimum Gasteiger partial charge on any atom is -0.469 e. The number of amidine groups is 1. The minimum absolute atomic E-state index is 0.0324. The van der Waals surface area contributed by atoms with Gasteiger partial charge in [0.1, 0.15) is 5.84 Å². The fraction of sp³-hybridized carbons (Fsp3) is 0.241. The molecule has 1 atom stereocenters. The van der Waals surface area contributed by atoms with Crippen molar-refractivity contribution in [2.75, 3.05) is 12.4 Å². The van der Waals surface area contributed by atoms with E-state index in [1.165, 1.54) is 7.11 Å². The molecule has 6 N–H and O–H groups in total. The van der Waals surface area contributed by atoms with E-state index in [0.717, 1.165) is 6.42 Å². The summed E-state index contributed by atoms with van der Waals surface area (Å²) in [5, 5.41) is 20.1. The van der Waals surface area contributed by atoms with Crippen molar-refractivity contribution in [1.82, 2.24) is 0 Å². The first kappa shape index (κ1) is 29.4. The lowest BCUT2D eigenvalue weighted by atomic mass is 9.89. The maximum absolute atomic E-state index is 13.5. The van der Waals surface area contributed by atoms with Gasteiger partial charge in [0.2, 0.25) is 15.6 Å². The molecule has 3 aromatic rings. The Labute approximate surface area is 238 Å². The molecule has 1 aliphatic heterocycles. The normalized spacial score (nSPS) is 16.4. The number of esters is 1. The molecule has 0 bridgehead atoms. The van der Waals surface area contributed by atoms with Crippen molar-refractivity contribution in [3.8, 4) is 11.1 Å². The van der Waals surface area contributed by atoms with Crippen molar-refractivity contribution < 1.29 is 27.6 Å². The van der Waals surface area contributed by atoms with Crippen LogP contribution in [0.15, 0.2) is 76.8 Å². The van der Waals surface area contributed by atoms with Crippen LogP contribution in [0.3, 0.4) is 0 Å². The molecule has 12 heteroatoms. The van der Waals surface area contributed by atoms with E-state index in [2.05, 4.69) is 10.5 Å². The molecule has 0 saturated carbocycles. The highest BCUT2D eigenvalue weighted by atomic mass is 32.2. The molecule has 1 aliphatic rings. The van der Waals surface area contributed by atoms with Gasteiger partial charge in [0, 0.05) is 28.8 Å². The van der Waals surface area contributed by atoms with Gasteiger partial charge in [-0.05, 0) is 35.7 Å². The highest BCUT2D eigenvalue weighted by molar-refractivity contribution is 7.89. The molecule has 0 saturated heterocycles. The Hall–Kier alpha value is -4.55. The first-order chi connectivity index (χ1) is 19.5. The molecular formula is C29H31N5O6S. The Balaban J connectivity index is 1.60. The number of carbonyl (C=O) groups is 2. The molecule has 11 nitrogen and oxygen atoms in total. The lowest BCUT2D eigenvalue weighted by Gasteiger charge is -2.24. The summed E-state index contributed by atoms with van der Waals surface area (Å²) in [6, 6.07) is 18.6. The van der Waals surface area contributed by atoms with Crippen molar-refractivity contribution in [1.29, 1.82) is 5.41 Å². The van der Waals surface area contributed by atoms with Crippen LogP contribution in [0.5, 0.6) is 0 Å². The molecule has 0 fully saturated rings. The molecule has 0 aliphatic carbocycles. The Bertz CT molecular complexity index is 1640. The molecule has 0 aromatic heterocycles. The highest BCUT2D eigenvalue weighted by Gasteiger charge is 2.49. The molecule has 41 heavy (non-hydrogen) atoms. The van der Waals surface area contributed by atoms with Crippen LogP contribution >= 0.6 is 0 Å². The van der Waals surface area contributed by atoms with Gasteiger partial charge in [0.05, 0.1) is 24.1 Å². The van der Waals surface area contributed by atoms with Crippen LogP contribution in [-0.4, -0.2) is 44.6 Å².